The molecule has 1 N–H and O–H groups in total. The first-order chi connectivity index (χ1) is 17.4. The summed E-state index contributed by atoms with van der Waals surface area (Å²) in [4.78, 5) is 16.5. The Balaban J connectivity index is 1.49. The maximum absolute atomic E-state index is 13.4. The molecule has 37 heavy (non-hydrogen) atoms. The Kier molecular flexibility index (Phi) is 7.05. The molecule has 0 saturated carbocycles. The van der Waals surface area contributed by atoms with Gasteiger partial charge in [-0.15, -0.1) is 13.2 Å². The number of alkyl halides is 6. The van der Waals surface area contributed by atoms with Crippen molar-refractivity contribution in [3.05, 3.63) is 89.5 Å². The number of anilines is 1. The van der Waals surface area contributed by atoms with Crippen LogP contribution in [0.25, 0.3) is 0 Å². The highest BCUT2D eigenvalue weighted by Gasteiger charge is 2.34. The number of rotatable bonds is 6. The summed E-state index contributed by atoms with van der Waals surface area (Å²) in [5.74, 6) is -2.10. The van der Waals surface area contributed by atoms with Crippen molar-refractivity contribution in [3.8, 4) is 5.75 Å². The first-order valence-electron chi connectivity index (χ1n) is 10.7. The van der Waals surface area contributed by atoms with E-state index in [1.54, 1.807) is 0 Å². The number of amides is 1. The zero-order chi connectivity index (χ0) is 26.8. The highest BCUT2D eigenvalue weighted by Crippen LogP contribution is 2.32. The predicted octanol–water partition coefficient (Wildman–Crippen LogP) is 5.58. The summed E-state index contributed by atoms with van der Waals surface area (Å²) < 4.78 is 92.9. The van der Waals surface area contributed by atoms with Crippen LogP contribution in [-0.2, 0) is 11.0 Å². The van der Waals surface area contributed by atoms with E-state index in [0.29, 0.717) is 17.5 Å². The molecule has 2 heterocycles. The fourth-order valence-electron chi connectivity index (χ4n) is 3.66. The molecule has 6 nitrogen and oxygen atoms in total. The number of ether oxygens (including phenoxy) is 1. The second-order valence-electron chi connectivity index (χ2n) is 7.98. The van der Waals surface area contributed by atoms with Gasteiger partial charge in [0.15, 0.2) is 0 Å². The van der Waals surface area contributed by atoms with Crippen LogP contribution in [-0.4, -0.2) is 41.1 Å². The molecule has 4 rings (SSSR count). The molecular formula is C24H17F7N4O2. The monoisotopic (exact) mass is 526 g/mol. The molecule has 1 aromatic heterocycles. The van der Waals surface area contributed by atoms with Crippen molar-refractivity contribution in [3.63, 3.8) is 0 Å². The molecule has 0 aliphatic carbocycles. The van der Waals surface area contributed by atoms with E-state index in [1.165, 1.54) is 47.5 Å². The van der Waals surface area contributed by atoms with Crippen molar-refractivity contribution in [1.29, 1.82) is 0 Å². The summed E-state index contributed by atoms with van der Waals surface area (Å²) in [5, 5.41) is 8.31. The molecule has 1 amide bonds. The molecule has 2 aromatic carbocycles. The standard InChI is InChI=1S/C24H17F7N4O2/c25-16-4-1-14(2-5-16)22-19(20-10-3-15(11-32-20)23(26,27)28)12-35(34-22)13-21(36)33-17-6-8-18(9-7-17)37-24(29,30)31/h1-11,19H,12-13H2,(H,33,36). The van der Waals surface area contributed by atoms with E-state index in [-0.39, 0.29) is 24.5 Å². The molecule has 0 bridgehead atoms. The molecule has 1 atom stereocenters. The van der Waals surface area contributed by atoms with Gasteiger partial charge in [0.25, 0.3) is 0 Å². The van der Waals surface area contributed by atoms with Crippen LogP contribution in [0.3, 0.4) is 0 Å². The lowest BCUT2D eigenvalue weighted by Crippen LogP contribution is -2.29. The number of hydrogen-bond donors (Lipinski definition) is 1. The van der Waals surface area contributed by atoms with Crippen LogP contribution in [0.2, 0.25) is 0 Å². The van der Waals surface area contributed by atoms with E-state index in [0.717, 1.165) is 18.2 Å². The average Bonchev–Trinajstić information content (AvgIpc) is 3.23. The van der Waals surface area contributed by atoms with Crippen LogP contribution >= 0.6 is 0 Å². The smallest absolute Gasteiger partial charge is 0.406 e. The van der Waals surface area contributed by atoms with Crippen molar-refractivity contribution in [1.82, 2.24) is 9.99 Å². The molecule has 194 valence electrons. The summed E-state index contributed by atoms with van der Waals surface area (Å²) in [7, 11) is 0. The maximum Gasteiger partial charge on any atom is 0.573 e. The number of hydrazone groups is 1. The van der Waals surface area contributed by atoms with Crippen molar-refractivity contribution in [2.75, 3.05) is 18.4 Å². The minimum absolute atomic E-state index is 0.0941. The molecule has 1 unspecified atom stereocenters. The van der Waals surface area contributed by atoms with Gasteiger partial charge in [-0.3, -0.25) is 14.8 Å². The maximum atomic E-state index is 13.4. The number of hydrogen-bond acceptors (Lipinski definition) is 5. The van der Waals surface area contributed by atoms with Gasteiger partial charge in [0.05, 0.1) is 29.4 Å². The Hall–Kier alpha value is -4.16. The first-order valence-corrected chi connectivity index (χ1v) is 10.7. The Bertz CT molecular complexity index is 1270. The zero-order valence-electron chi connectivity index (χ0n) is 18.6. The summed E-state index contributed by atoms with van der Waals surface area (Å²) in [6.45, 7) is -0.181. The number of carbonyl (C=O) groups excluding carboxylic acids is 1. The van der Waals surface area contributed by atoms with Gasteiger partial charge in [-0.05, 0) is 54.1 Å². The quantitative estimate of drug-likeness (QED) is 0.426. The minimum atomic E-state index is -4.85. The van der Waals surface area contributed by atoms with E-state index in [9.17, 15) is 35.5 Å². The Morgan fingerprint density at radius 3 is 2.22 bits per heavy atom. The van der Waals surface area contributed by atoms with Crippen molar-refractivity contribution in [2.45, 2.75) is 18.5 Å². The van der Waals surface area contributed by atoms with Crippen LogP contribution in [0.1, 0.15) is 22.7 Å². The van der Waals surface area contributed by atoms with Gasteiger partial charge < -0.3 is 10.1 Å². The molecule has 1 aliphatic rings. The highest BCUT2D eigenvalue weighted by atomic mass is 19.4. The number of halogens is 7. The van der Waals surface area contributed by atoms with Crippen molar-refractivity contribution in [2.24, 2.45) is 5.10 Å². The van der Waals surface area contributed by atoms with Crippen LogP contribution in [0.5, 0.6) is 5.75 Å². The third kappa shape index (κ3) is 6.74. The number of benzene rings is 2. The van der Waals surface area contributed by atoms with Crippen LogP contribution in [0.15, 0.2) is 72.0 Å². The predicted molar refractivity (Wildman–Crippen MR) is 118 cm³/mol. The third-order valence-electron chi connectivity index (χ3n) is 5.28. The largest absolute Gasteiger partial charge is 0.573 e. The summed E-state index contributed by atoms with van der Waals surface area (Å²) in [6, 6.07) is 12.0. The van der Waals surface area contributed by atoms with Gasteiger partial charge >= 0.3 is 12.5 Å². The van der Waals surface area contributed by atoms with E-state index in [4.69, 9.17) is 0 Å². The zero-order valence-corrected chi connectivity index (χ0v) is 18.6. The van der Waals surface area contributed by atoms with E-state index in [2.05, 4.69) is 20.1 Å². The van der Waals surface area contributed by atoms with Crippen LogP contribution < -0.4 is 10.1 Å². The molecule has 0 radical (unpaired) electrons. The number of nitrogens with one attached hydrogen (secondary N) is 1. The molecule has 3 aromatic rings. The number of aromatic nitrogens is 1. The minimum Gasteiger partial charge on any atom is -0.406 e. The summed E-state index contributed by atoms with van der Waals surface area (Å²) in [6.07, 6.45) is -8.70. The van der Waals surface area contributed by atoms with Gasteiger partial charge in [-0.25, -0.2) is 4.39 Å². The van der Waals surface area contributed by atoms with E-state index < -0.39 is 41.5 Å². The van der Waals surface area contributed by atoms with Crippen molar-refractivity contribution >= 4 is 17.3 Å². The molecule has 1 aliphatic heterocycles. The number of pyridine rings is 1. The SMILES string of the molecule is O=C(CN1CC(c2ccc(C(F)(F)F)cn2)C(c2ccc(F)cc2)=N1)Nc1ccc(OC(F)(F)F)cc1. The Morgan fingerprint density at radius 1 is 0.973 bits per heavy atom. The Morgan fingerprint density at radius 2 is 1.65 bits per heavy atom. The third-order valence-corrected chi connectivity index (χ3v) is 5.28. The van der Waals surface area contributed by atoms with Gasteiger partial charge in [0, 0.05) is 11.9 Å². The molecule has 0 spiro atoms. The molecule has 0 saturated heterocycles. The Labute approximate surface area is 205 Å². The number of nitrogens with zero attached hydrogens (tertiary/aromatic N) is 3. The number of carbonyl (C=O) groups is 1. The van der Waals surface area contributed by atoms with Crippen LogP contribution in [0, 0.1) is 5.82 Å². The summed E-state index contributed by atoms with van der Waals surface area (Å²) in [5.41, 5.74) is 0.448. The summed E-state index contributed by atoms with van der Waals surface area (Å²) >= 11 is 0. The molecule has 13 heteroatoms. The molecule has 0 fully saturated rings. The topological polar surface area (TPSA) is 66.8 Å². The first kappa shape index (κ1) is 25.9. The second-order valence-corrected chi connectivity index (χ2v) is 7.98. The fourth-order valence-corrected chi connectivity index (χ4v) is 3.66. The lowest BCUT2D eigenvalue weighted by atomic mass is 9.94. The van der Waals surface area contributed by atoms with E-state index in [1.807, 2.05) is 0 Å². The van der Waals surface area contributed by atoms with E-state index >= 15 is 0 Å². The average molecular weight is 526 g/mol. The fraction of sp³-hybridized carbons (Fsp3) is 0.208. The van der Waals surface area contributed by atoms with Gasteiger partial charge in [0.1, 0.15) is 18.1 Å². The van der Waals surface area contributed by atoms with Crippen molar-refractivity contribution < 1.29 is 40.3 Å². The molecular weight excluding hydrogens is 509 g/mol. The normalized spacial score (nSPS) is 15.9. The second kappa shape index (κ2) is 10.1. The van der Waals surface area contributed by atoms with Gasteiger partial charge in [-0.1, -0.05) is 12.1 Å². The lowest BCUT2D eigenvalue weighted by molar-refractivity contribution is -0.274. The lowest BCUT2D eigenvalue weighted by Gasteiger charge is -2.16. The van der Waals surface area contributed by atoms with Gasteiger partial charge in [0.2, 0.25) is 5.91 Å². The van der Waals surface area contributed by atoms with Gasteiger partial charge in [-0.2, -0.15) is 18.3 Å². The van der Waals surface area contributed by atoms with Crippen LogP contribution in [0.4, 0.5) is 36.4 Å². The highest BCUT2D eigenvalue weighted by molar-refractivity contribution is 6.06.